The van der Waals surface area contributed by atoms with Gasteiger partial charge in [0.2, 0.25) is 0 Å². The Kier molecular flexibility index (Phi) is 4.82. The van der Waals surface area contributed by atoms with Gasteiger partial charge in [-0.1, -0.05) is 44.2 Å². The van der Waals surface area contributed by atoms with Crippen molar-refractivity contribution >= 4 is 0 Å². The zero-order valence-corrected chi connectivity index (χ0v) is 12.1. The van der Waals surface area contributed by atoms with Crippen LogP contribution in [0.3, 0.4) is 0 Å². The molecule has 0 saturated heterocycles. The molecule has 2 unspecified atom stereocenters. The normalized spacial score (nSPS) is 28.6. The van der Waals surface area contributed by atoms with E-state index in [1.54, 1.807) is 0 Å². The molecule has 0 N–H and O–H groups in total. The van der Waals surface area contributed by atoms with Crippen molar-refractivity contribution in [1.29, 1.82) is 0 Å². The van der Waals surface area contributed by atoms with E-state index >= 15 is 0 Å². The summed E-state index contributed by atoms with van der Waals surface area (Å²) in [6, 6.07) is 10.8. The van der Waals surface area contributed by atoms with Gasteiger partial charge < -0.3 is 4.90 Å². The van der Waals surface area contributed by atoms with Crippen molar-refractivity contribution in [3.05, 3.63) is 35.9 Å². The highest BCUT2D eigenvalue weighted by Crippen LogP contribution is 2.33. The fraction of sp³-hybridized carbons (Fsp3) is 0.647. The highest BCUT2D eigenvalue weighted by atomic mass is 15.1. The Morgan fingerprint density at radius 1 is 1.00 bits per heavy atom. The average molecular weight is 245 g/mol. The quantitative estimate of drug-likeness (QED) is 0.769. The van der Waals surface area contributed by atoms with Gasteiger partial charge in [-0.2, -0.15) is 0 Å². The molecular weight excluding hydrogens is 218 g/mol. The SMILES string of the molecule is CC1CC(C)CC(CN(C)Cc2ccccc2)C1. The van der Waals surface area contributed by atoms with Gasteiger partial charge in [0.1, 0.15) is 0 Å². The van der Waals surface area contributed by atoms with Gasteiger partial charge >= 0.3 is 0 Å². The van der Waals surface area contributed by atoms with Crippen LogP contribution in [0.4, 0.5) is 0 Å². The van der Waals surface area contributed by atoms with Crippen LogP contribution in [0.25, 0.3) is 0 Å². The second-order valence-corrected chi connectivity index (χ2v) is 6.47. The van der Waals surface area contributed by atoms with Crippen molar-refractivity contribution in [3.63, 3.8) is 0 Å². The fourth-order valence-electron chi connectivity index (χ4n) is 3.66. The van der Waals surface area contributed by atoms with Crippen LogP contribution in [0, 0.1) is 17.8 Å². The first-order chi connectivity index (χ1) is 8.63. The third-order valence-electron chi connectivity index (χ3n) is 4.14. The van der Waals surface area contributed by atoms with Crippen LogP contribution in [0.1, 0.15) is 38.7 Å². The lowest BCUT2D eigenvalue weighted by molar-refractivity contribution is 0.165. The maximum atomic E-state index is 2.49. The topological polar surface area (TPSA) is 3.24 Å². The third kappa shape index (κ3) is 4.13. The van der Waals surface area contributed by atoms with Crippen molar-refractivity contribution in [1.82, 2.24) is 4.90 Å². The summed E-state index contributed by atoms with van der Waals surface area (Å²) in [6.07, 6.45) is 4.27. The zero-order chi connectivity index (χ0) is 13.0. The zero-order valence-electron chi connectivity index (χ0n) is 12.1. The second kappa shape index (κ2) is 6.38. The number of rotatable bonds is 4. The van der Waals surface area contributed by atoms with E-state index < -0.39 is 0 Å². The molecule has 0 aromatic heterocycles. The minimum Gasteiger partial charge on any atom is -0.302 e. The molecule has 0 aliphatic heterocycles. The first-order valence-electron chi connectivity index (χ1n) is 7.36. The van der Waals surface area contributed by atoms with E-state index in [9.17, 15) is 0 Å². The van der Waals surface area contributed by atoms with Crippen molar-refractivity contribution in [2.24, 2.45) is 17.8 Å². The summed E-state index contributed by atoms with van der Waals surface area (Å²) in [5.41, 5.74) is 1.43. The Morgan fingerprint density at radius 2 is 1.61 bits per heavy atom. The van der Waals surface area contributed by atoms with E-state index in [-0.39, 0.29) is 0 Å². The molecule has 1 heteroatoms. The van der Waals surface area contributed by atoms with Crippen LogP contribution < -0.4 is 0 Å². The van der Waals surface area contributed by atoms with E-state index in [1.165, 1.54) is 31.4 Å². The molecule has 2 atom stereocenters. The van der Waals surface area contributed by atoms with E-state index in [4.69, 9.17) is 0 Å². The van der Waals surface area contributed by atoms with Gasteiger partial charge in [-0.05, 0) is 49.6 Å². The van der Waals surface area contributed by atoms with Crippen molar-refractivity contribution in [3.8, 4) is 0 Å². The third-order valence-corrected chi connectivity index (χ3v) is 4.14. The van der Waals surface area contributed by atoms with Gasteiger partial charge in [0.25, 0.3) is 0 Å². The average Bonchev–Trinajstić information content (AvgIpc) is 2.28. The standard InChI is InChI=1S/C17H27N/c1-14-9-15(2)11-17(10-14)13-18(3)12-16-7-5-4-6-8-16/h4-8,14-15,17H,9-13H2,1-3H3. The predicted molar refractivity (Wildman–Crippen MR) is 78.4 cm³/mol. The molecule has 1 aliphatic rings. The largest absolute Gasteiger partial charge is 0.302 e. The van der Waals surface area contributed by atoms with Gasteiger partial charge in [-0.25, -0.2) is 0 Å². The molecule has 1 nitrogen and oxygen atoms in total. The van der Waals surface area contributed by atoms with Crippen LogP contribution in [-0.2, 0) is 6.54 Å². The summed E-state index contributed by atoms with van der Waals surface area (Å²) >= 11 is 0. The van der Waals surface area contributed by atoms with Crippen LogP contribution in [0.5, 0.6) is 0 Å². The lowest BCUT2D eigenvalue weighted by atomic mass is 9.76. The summed E-state index contributed by atoms with van der Waals surface area (Å²) in [6.45, 7) is 7.17. The van der Waals surface area contributed by atoms with Gasteiger partial charge in [0.05, 0.1) is 0 Å². The summed E-state index contributed by atoms with van der Waals surface area (Å²) in [4.78, 5) is 2.49. The number of hydrogen-bond acceptors (Lipinski definition) is 1. The molecule has 0 amide bonds. The maximum absolute atomic E-state index is 2.49. The molecule has 1 fully saturated rings. The number of hydrogen-bond donors (Lipinski definition) is 0. The Bertz CT molecular complexity index is 336. The maximum Gasteiger partial charge on any atom is 0.0230 e. The highest BCUT2D eigenvalue weighted by Gasteiger charge is 2.24. The fourth-order valence-corrected chi connectivity index (χ4v) is 3.66. The van der Waals surface area contributed by atoms with Crippen molar-refractivity contribution in [2.45, 2.75) is 39.7 Å². The van der Waals surface area contributed by atoms with Gasteiger partial charge in [0.15, 0.2) is 0 Å². The van der Waals surface area contributed by atoms with Crippen LogP contribution in [0.15, 0.2) is 30.3 Å². The Labute approximate surface area is 112 Å². The van der Waals surface area contributed by atoms with Crippen molar-refractivity contribution in [2.75, 3.05) is 13.6 Å². The van der Waals surface area contributed by atoms with Gasteiger partial charge in [-0.3, -0.25) is 0 Å². The molecule has 100 valence electrons. The van der Waals surface area contributed by atoms with E-state index in [0.29, 0.717) is 0 Å². The van der Waals surface area contributed by atoms with Crippen LogP contribution >= 0.6 is 0 Å². The molecule has 0 heterocycles. The summed E-state index contributed by atoms with van der Waals surface area (Å²) < 4.78 is 0. The molecule has 18 heavy (non-hydrogen) atoms. The molecule has 0 bridgehead atoms. The van der Waals surface area contributed by atoms with E-state index in [0.717, 1.165) is 24.3 Å². The summed E-state index contributed by atoms with van der Waals surface area (Å²) in [7, 11) is 2.26. The smallest absolute Gasteiger partial charge is 0.0230 e. The van der Waals surface area contributed by atoms with Crippen molar-refractivity contribution < 1.29 is 0 Å². The molecule has 1 aliphatic carbocycles. The molecule has 0 radical (unpaired) electrons. The highest BCUT2D eigenvalue weighted by molar-refractivity contribution is 5.14. The predicted octanol–water partition coefficient (Wildman–Crippen LogP) is 4.19. The minimum absolute atomic E-state index is 0.900. The monoisotopic (exact) mass is 245 g/mol. The molecule has 1 aromatic rings. The lowest BCUT2D eigenvalue weighted by Gasteiger charge is -2.34. The molecule has 1 aromatic carbocycles. The second-order valence-electron chi connectivity index (χ2n) is 6.47. The van der Waals surface area contributed by atoms with E-state index in [2.05, 4.69) is 56.1 Å². The van der Waals surface area contributed by atoms with Crippen LogP contribution in [-0.4, -0.2) is 18.5 Å². The lowest BCUT2D eigenvalue weighted by Crippen LogP contribution is -2.30. The summed E-state index contributed by atoms with van der Waals surface area (Å²) in [5, 5.41) is 0. The first kappa shape index (κ1) is 13.6. The Hall–Kier alpha value is -0.820. The van der Waals surface area contributed by atoms with Gasteiger partial charge in [0, 0.05) is 13.1 Å². The summed E-state index contributed by atoms with van der Waals surface area (Å²) in [5.74, 6) is 2.74. The Balaban J connectivity index is 1.82. The number of nitrogens with zero attached hydrogens (tertiary/aromatic N) is 1. The molecular formula is C17H27N. The van der Waals surface area contributed by atoms with Gasteiger partial charge in [-0.15, -0.1) is 0 Å². The first-order valence-corrected chi connectivity index (χ1v) is 7.36. The molecule has 2 rings (SSSR count). The van der Waals surface area contributed by atoms with E-state index in [1.807, 2.05) is 0 Å². The number of benzene rings is 1. The molecule has 1 saturated carbocycles. The minimum atomic E-state index is 0.900. The van der Waals surface area contributed by atoms with Crippen LogP contribution in [0.2, 0.25) is 0 Å². The Morgan fingerprint density at radius 3 is 2.22 bits per heavy atom. The molecule has 0 spiro atoms.